The lowest BCUT2D eigenvalue weighted by Gasteiger charge is -2.27. The number of nitrogens with one attached hydrogen (secondary N) is 1. The van der Waals surface area contributed by atoms with Gasteiger partial charge >= 0.3 is 0 Å². The van der Waals surface area contributed by atoms with Crippen LogP contribution in [0.5, 0.6) is 0 Å². The van der Waals surface area contributed by atoms with Gasteiger partial charge in [-0.1, -0.05) is 33.1 Å². The minimum atomic E-state index is -0.206. The number of carbonyl (C=O) groups excluding carboxylic acids is 2. The van der Waals surface area contributed by atoms with E-state index >= 15 is 0 Å². The Balaban J connectivity index is 1.55. The highest BCUT2D eigenvalue weighted by Crippen LogP contribution is 2.33. The number of amides is 2. The molecule has 1 atom stereocenters. The second kappa shape index (κ2) is 9.79. The molecular formula is C24H34N6O2. The van der Waals surface area contributed by atoms with Crippen molar-refractivity contribution in [3.05, 3.63) is 41.5 Å². The molecule has 172 valence electrons. The number of imidazole rings is 1. The molecule has 0 unspecified atom stereocenters. The van der Waals surface area contributed by atoms with Crippen LogP contribution in [0.25, 0.3) is 0 Å². The van der Waals surface area contributed by atoms with Gasteiger partial charge in [0.05, 0.1) is 17.3 Å². The molecule has 0 aromatic carbocycles. The first-order valence-electron chi connectivity index (χ1n) is 11.9. The highest BCUT2D eigenvalue weighted by molar-refractivity contribution is 5.95. The lowest BCUT2D eigenvalue weighted by atomic mass is 9.95. The van der Waals surface area contributed by atoms with Crippen LogP contribution in [0.1, 0.15) is 98.5 Å². The molecule has 2 fully saturated rings. The topological polar surface area (TPSA) is 93.0 Å². The summed E-state index contributed by atoms with van der Waals surface area (Å²) in [6.45, 7) is 6.89. The summed E-state index contributed by atoms with van der Waals surface area (Å²) in [5, 5.41) is 3.18. The molecule has 8 heteroatoms. The fourth-order valence-electron chi connectivity index (χ4n) is 4.97. The van der Waals surface area contributed by atoms with Gasteiger partial charge in [-0.25, -0.2) is 15.0 Å². The summed E-state index contributed by atoms with van der Waals surface area (Å²) in [4.78, 5) is 41.7. The Labute approximate surface area is 189 Å². The summed E-state index contributed by atoms with van der Waals surface area (Å²) in [5.41, 5.74) is 1.17. The Hall–Kier alpha value is -2.77. The monoisotopic (exact) mass is 438 g/mol. The molecule has 2 aromatic heterocycles. The maximum atomic E-state index is 13.3. The second-order valence-electron chi connectivity index (χ2n) is 9.34. The van der Waals surface area contributed by atoms with E-state index in [0.717, 1.165) is 44.3 Å². The third-order valence-corrected chi connectivity index (χ3v) is 6.58. The van der Waals surface area contributed by atoms with Crippen LogP contribution in [0.15, 0.2) is 18.6 Å². The first-order valence-corrected chi connectivity index (χ1v) is 11.9. The second-order valence-corrected chi connectivity index (χ2v) is 9.34. The Morgan fingerprint density at radius 3 is 2.66 bits per heavy atom. The average molecular weight is 439 g/mol. The standard InChI is InChI=1S/C24H34N6O2/c1-16(2)23-25-11-13-29(23)15-21(31)30-12-7-10-20(30)22-19(14-26-17(3)27-22)24(32)28-18-8-5-4-6-9-18/h11,13-14,16,18,20H,4-10,12,15H2,1-3H3,(H,28,32)/t20-/m1/s1. The van der Waals surface area contributed by atoms with E-state index in [1.165, 1.54) is 6.42 Å². The molecule has 2 amide bonds. The van der Waals surface area contributed by atoms with Crippen LogP contribution >= 0.6 is 0 Å². The SMILES string of the molecule is Cc1ncc(C(=O)NC2CCCCC2)c([C@H]2CCCN2C(=O)Cn2ccnc2C(C)C)n1. The molecule has 2 aromatic rings. The molecule has 1 saturated carbocycles. The van der Waals surface area contributed by atoms with Crippen LogP contribution in [0.4, 0.5) is 0 Å². The third kappa shape index (κ3) is 4.84. The van der Waals surface area contributed by atoms with Gasteiger partial charge in [-0.3, -0.25) is 9.59 Å². The molecule has 1 N–H and O–H groups in total. The zero-order valence-electron chi connectivity index (χ0n) is 19.4. The molecule has 0 radical (unpaired) electrons. The number of rotatable bonds is 6. The Morgan fingerprint density at radius 2 is 1.91 bits per heavy atom. The fraction of sp³-hybridized carbons (Fsp3) is 0.625. The molecule has 3 heterocycles. The van der Waals surface area contributed by atoms with Gasteiger partial charge < -0.3 is 14.8 Å². The van der Waals surface area contributed by atoms with Crippen LogP contribution in [-0.2, 0) is 11.3 Å². The van der Waals surface area contributed by atoms with Gasteiger partial charge in [0.25, 0.3) is 5.91 Å². The molecule has 1 saturated heterocycles. The number of aryl methyl sites for hydroxylation is 1. The Bertz CT molecular complexity index is 963. The maximum absolute atomic E-state index is 13.3. The molecular weight excluding hydrogens is 404 g/mol. The number of carbonyl (C=O) groups is 2. The van der Waals surface area contributed by atoms with Crippen molar-refractivity contribution in [2.24, 2.45) is 0 Å². The first-order chi connectivity index (χ1) is 15.4. The number of likely N-dealkylation sites (tertiary alicyclic amines) is 1. The van der Waals surface area contributed by atoms with Crippen molar-refractivity contribution in [2.45, 2.75) is 90.3 Å². The van der Waals surface area contributed by atoms with Gasteiger partial charge in [0.2, 0.25) is 5.91 Å². The summed E-state index contributed by atoms with van der Waals surface area (Å²) < 4.78 is 1.92. The van der Waals surface area contributed by atoms with Crippen LogP contribution in [0, 0.1) is 6.92 Å². The lowest BCUT2D eigenvalue weighted by Crippen LogP contribution is -2.38. The third-order valence-electron chi connectivity index (χ3n) is 6.58. The summed E-state index contributed by atoms with van der Waals surface area (Å²) in [5.74, 6) is 1.67. The first kappa shape index (κ1) is 22.4. The minimum absolute atomic E-state index is 0.0299. The van der Waals surface area contributed by atoms with Crippen LogP contribution < -0.4 is 5.32 Å². The van der Waals surface area contributed by atoms with Crippen molar-refractivity contribution in [2.75, 3.05) is 6.54 Å². The number of hydrogen-bond donors (Lipinski definition) is 1. The van der Waals surface area contributed by atoms with E-state index < -0.39 is 0 Å². The Kier molecular flexibility index (Phi) is 6.86. The molecule has 2 aliphatic rings. The molecule has 0 bridgehead atoms. The summed E-state index contributed by atoms with van der Waals surface area (Å²) >= 11 is 0. The molecule has 32 heavy (non-hydrogen) atoms. The van der Waals surface area contributed by atoms with E-state index in [1.54, 1.807) is 12.4 Å². The Morgan fingerprint density at radius 1 is 1.12 bits per heavy atom. The largest absolute Gasteiger partial charge is 0.349 e. The van der Waals surface area contributed by atoms with Crippen molar-refractivity contribution in [3.63, 3.8) is 0 Å². The van der Waals surface area contributed by atoms with E-state index in [0.29, 0.717) is 23.6 Å². The van der Waals surface area contributed by atoms with Crippen molar-refractivity contribution in [1.82, 2.24) is 29.7 Å². The normalized spacial score (nSPS) is 19.5. The summed E-state index contributed by atoms with van der Waals surface area (Å²) in [6, 6.07) is 0.00439. The van der Waals surface area contributed by atoms with Crippen molar-refractivity contribution >= 4 is 11.8 Å². The maximum Gasteiger partial charge on any atom is 0.255 e. The predicted molar refractivity (Wildman–Crippen MR) is 121 cm³/mol. The highest BCUT2D eigenvalue weighted by atomic mass is 16.2. The number of nitrogens with zero attached hydrogens (tertiary/aromatic N) is 5. The van der Waals surface area contributed by atoms with Gasteiger partial charge in [0, 0.05) is 37.1 Å². The number of hydrogen-bond acceptors (Lipinski definition) is 5. The number of aromatic nitrogens is 4. The summed E-state index contributed by atoms with van der Waals surface area (Å²) in [6.07, 6.45) is 12.5. The predicted octanol–water partition coefficient (Wildman–Crippen LogP) is 3.53. The molecule has 8 nitrogen and oxygen atoms in total. The lowest BCUT2D eigenvalue weighted by molar-refractivity contribution is -0.132. The van der Waals surface area contributed by atoms with Gasteiger partial charge in [0.1, 0.15) is 18.2 Å². The van der Waals surface area contributed by atoms with Crippen molar-refractivity contribution < 1.29 is 9.59 Å². The van der Waals surface area contributed by atoms with Crippen LogP contribution in [0.2, 0.25) is 0 Å². The fourth-order valence-corrected chi connectivity index (χ4v) is 4.97. The van der Waals surface area contributed by atoms with Crippen LogP contribution in [-0.4, -0.2) is 48.8 Å². The zero-order chi connectivity index (χ0) is 22.7. The molecule has 0 spiro atoms. The van der Waals surface area contributed by atoms with Gasteiger partial charge in [-0.15, -0.1) is 0 Å². The molecule has 1 aliphatic heterocycles. The average Bonchev–Trinajstić information content (AvgIpc) is 3.44. The minimum Gasteiger partial charge on any atom is -0.349 e. The van der Waals surface area contributed by atoms with Gasteiger partial charge in [-0.2, -0.15) is 0 Å². The van der Waals surface area contributed by atoms with Crippen molar-refractivity contribution in [3.8, 4) is 0 Å². The quantitative estimate of drug-likeness (QED) is 0.745. The van der Waals surface area contributed by atoms with Crippen LogP contribution in [0.3, 0.4) is 0 Å². The van der Waals surface area contributed by atoms with E-state index in [9.17, 15) is 9.59 Å². The van der Waals surface area contributed by atoms with Gasteiger partial charge in [-0.05, 0) is 32.6 Å². The van der Waals surface area contributed by atoms with E-state index in [1.807, 2.05) is 22.6 Å². The zero-order valence-corrected chi connectivity index (χ0v) is 19.4. The molecule has 4 rings (SSSR count). The summed E-state index contributed by atoms with van der Waals surface area (Å²) in [7, 11) is 0. The van der Waals surface area contributed by atoms with E-state index in [4.69, 9.17) is 0 Å². The smallest absolute Gasteiger partial charge is 0.255 e. The van der Waals surface area contributed by atoms with E-state index in [2.05, 4.69) is 34.1 Å². The molecule has 1 aliphatic carbocycles. The van der Waals surface area contributed by atoms with E-state index in [-0.39, 0.29) is 36.4 Å². The van der Waals surface area contributed by atoms with Gasteiger partial charge in [0.15, 0.2) is 0 Å². The highest BCUT2D eigenvalue weighted by Gasteiger charge is 2.34. The van der Waals surface area contributed by atoms with Crippen molar-refractivity contribution in [1.29, 1.82) is 0 Å².